The molecule has 11 rings (SSSR count). The third-order valence-corrected chi connectivity index (χ3v) is 19.1. The number of aromatic amines is 1. The number of hydrogen-bond acceptors (Lipinski definition) is 15. The number of fused-ring (bicyclic) bond motifs is 2. The number of nitro groups is 1. The molecule has 5 aromatic rings. The molecule has 0 bridgehead atoms. The highest BCUT2D eigenvalue weighted by atomic mass is 32.2. The lowest BCUT2D eigenvalue weighted by atomic mass is 9.59. The zero-order valence-corrected chi connectivity index (χ0v) is 47.6. The monoisotopic (exact) mass is 1120 g/mol. The van der Waals surface area contributed by atoms with Gasteiger partial charge in [-0.3, -0.25) is 19.8 Å². The Kier molecular flexibility index (Phi) is 15.0. The van der Waals surface area contributed by atoms with Gasteiger partial charge in [0.2, 0.25) is 0 Å². The molecule has 19 nitrogen and oxygen atoms in total. The second-order valence-electron chi connectivity index (χ2n) is 24.9. The fraction of sp³-hybridized carbons (Fsp3) is 0.550. The molecule has 5 fully saturated rings. The predicted molar refractivity (Wildman–Crippen MR) is 303 cm³/mol. The van der Waals surface area contributed by atoms with Crippen molar-refractivity contribution in [3.05, 3.63) is 99.7 Å². The highest BCUT2D eigenvalue weighted by molar-refractivity contribution is 7.90. The number of nitro benzene ring substituents is 1. The maximum atomic E-state index is 14.6. The fourth-order valence-corrected chi connectivity index (χ4v) is 14.4. The number of hydrogen-bond donors (Lipinski definition) is 4. The molecule has 4 N–H and O–H groups in total. The summed E-state index contributed by atoms with van der Waals surface area (Å²) in [6.45, 7) is 15.2. The van der Waals surface area contributed by atoms with Gasteiger partial charge in [-0.05, 0) is 164 Å². The number of amides is 2. The summed E-state index contributed by atoms with van der Waals surface area (Å²) in [6.07, 6.45) is 11.9. The van der Waals surface area contributed by atoms with Crippen LogP contribution in [0.15, 0.2) is 77.8 Å². The van der Waals surface area contributed by atoms with Gasteiger partial charge in [-0.2, -0.15) is 4.98 Å². The van der Waals surface area contributed by atoms with Gasteiger partial charge in [0, 0.05) is 67.2 Å². The van der Waals surface area contributed by atoms with Gasteiger partial charge < -0.3 is 44.2 Å². The minimum Gasteiger partial charge on any atom is -0.489 e. The molecule has 3 saturated heterocycles. The molecule has 2 saturated carbocycles. The van der Waals surface area contributed by atoms with E-state index in [9.17, 15) is 33.2 Å². The highest BCUT2D eigenvalue weighted by Gasteiger charge is 2.50. The summed E-state index contributed by atoms with van der Waals surface area (Å²) in [4.78, 5) is 53.9. The SMILES string of the molecule is CC(C)c1ccccc1[C@H]1CCCN1C1CC2(CCN(c3ccc(C(=O)NS(=O)(=O)c4cc5c(c([N+](=O)[O-])c4)N[C@@H](C4CCC(C)(O)CC4)CO5)c(Oc4cc5cc[nH]c5nc4OC[C@@H]4CCCN4C(=O)OC(C)(C)C)c3)CC2)C1. The molecule has 0 unspecified atom stereocenters. The summed E-state index contributed by atoms with van der Waals surface area (Å²) >= 11 is 0. The van der Waals surface area contributed by atoms with Crippen LogP contribution in [0.4, 0.5) is 21.9 Å². The summed E-state index contributed by atoms with van der Waals surface area (Å²) in [7, 11) is -4.77. The number of rotatable bonds is 14. The maximum Gasteiger partial charge on any atom is 0.410 e. The first kappa shape index (κ1) is 55.3. The Labute approximate surface area is 468 Å². The minimum atomic E-state index is -4.77. The van der Waals surface area contributed by atoms with E-state index in [-0.39, 0.29) is 71.0 Å². The Morgan fingerprint density at radius 2 is 1.70 bits per heavy atom. The van der Waals surface area contributed by atoms with E-state index in [1.165, 1.54) is 36.1 Å². The highest BCUT2D eigenvalue weighted by Crippen LogP contribution is 2.55. The van der Waals surface area contributed by atoms with Crippen LogP contribution in [0.3, 0.4) is 0 Å². The Balaban J connectivity index is 0.853. The van der Waals surface area contributed by atoms with E-state index in [4.69, 9.17) is 23.9 Å². The molecule has 3 atom stereocenters. The van der Waals surface area contributed by atoms with Crippen molar-refractivity contribution in [1.82, 2.24) is 24.5 Å². The number of anilines is 2. The van der Waals surface area contributed by atoms with E-state index in [0.717, 1.165) is 63.5 Å². The molecule has 1 spiro atoms. The Morgan fingerprint density at radius 1 is 0.950 bits per heavy atom. The van der Waals surface area contributed by atoms with Crippen LogP contribution in [0.25, 0.3) is 11.0 Å². The van der Waals surface area contributed by atoms with Crippen LogP contribution in [0.1, 0.15) is 152 Å². The van der Waals surface area contributed by atoms with Crippen molar-refractivity contribution in [2.75, 3.05) is 49.6 Å². The molecule has 2 aliphatic carbocycles. The van der Waals surface area contributed by atoms with Gasteiger partial charge in [0.15, 0.2) is 17.2 Å². The zero-order chi connectivity index (χ0) is 56.3. The molecule has 428 valence electrons. The number of carbonyl (C=O) groups excluding carboxylic acids is 2. The van der Waals surface area contributed by atoms with E-state index < -0.39 is 48.7 Å². The van der Waals surface area contributed by atoms with Crippen molar-refractivity contribution in [2.24, 2.45) is 11.3 Å². The number of pyridine rings is 1. The number of carbonyl (C=O) groups is 2. The summed E-state index contributed by atoms with van der Waals surface area (Å²) in [5.41, 5.74) is 2.39. The van der Waals surface area contributed by atoms with E-state index in [1.54, 1.807) is 36.2 Å². The van der Waals surface area contributed by atoms with Crippen molar-refractivity contribution in [3.8, 4) is 23.1 Å². The summed E-state index contributed by atoms with van der Waals surface area (Å²) < 4.78 is 55.7. The number of aliphatic hydroxyl groups is 1. The number of sulfonamides is 1. The number of likely N-dealkylation sites (tertiary alicyclic amines) is 2. The van der Waals surface area contributed by atoms with Crippen LogP contribution >= 0.6 is 0 Å². The van der Waals surface area contributed by atoms with Crippen LogP contribution in [-0.2, 0) is 14.8 Å². The van der Waals surface area contributed by atoms with E-state index in [0.29, 0.717) is 67.7 Å². The lowest BCUT2D eigenvalue weighted by Crippen LogP contribution is -2.54. The largest absolute Gasteiger partial charge is 0.489 e. The fourth-order valence-electron chi connectivity index (χ4n) is 13.4. The molecular formula is C60H76N8O11S. The van der Waals surface area contributed by atoms with E-state index in [2.05, 4.69) is 62.9 Å². The van der Waals surface area contributed by atoms with Crippen molar-refractivity contribution < 1.29 is 47.0 Å². The van der Waals surface area contributed by atoms with Crippen molar-refractivity contribution >= 4 is 50.1 Å². The van der Waals surface area contributed by atoms with Crippen LogP contribution < -0.4 is 29.1 Å². The third kappa shape index (κ3) is 11.5. The van der Waals surface area contributed by atoms with Crippen LogP contribution in [0.5, 0.6) is 23.1 Å². The van der Waals surface area contributed by atoms with Crippen molar-refractivity contribution in [1.29, 1.82) is 0 Å². The number of aromatic nitrogens is 2. The van der Waals surface area contributed by atoms with Crippen molar-refractivity contribution in [3.63, 3.8) is 0 Å². The second-order valence-corrected chi connectivity index (χ2v) is 26.6. The molecule has 3 aromatic carbocycles. The maximum absolute atomic E-state index is 14.6. The van der Waals surface area contributed by atoms with Gasteiger partial charge in [0.05, 0.1) is 33.1 Å². The smallest absolute Gasteiger partial charge is 0.410 e. The first-order valence-corrected chi connectivity index (χ1v) is 30.1. The Hall–Kier alpha value is -6.64. The minimum absolute atomic E-state index is 0.0259. The quantitative estimate of drug-likeness (QED) is 0.0598. The van der Waals surface area contributed by atoms with Gasteiger partial charge in [-0.25, -0.2) is 17.9 Å². The normalized spacial score (nSPS) is 24.2. The number of piperidine rings is 1. The number of nitrogens with zero attached hydrogens (tertiary/aromatic N) is 5. The van der Waals surface area contributed by atoms with Crippen molar-refractivity contribution in [2.45, 2.75) is 165 Å². The van der Waals surface area contributed by atoms with Gasteiger partial charge >= 0.3 is 6.09 Å². The molecule has 0 radical (unpaired) electrons. The first-order valence-electron chi connectivity index (χ1n) is 28.6. The number of benzene rings is 3. The molecule has 2 aromatic heterocycles. The molecule has 20 heteroatoms. The molecule has 80 heavy (non-hydrogen) atoms. The second kappa shape index (κ2) is 21.7. The van der Waals surface area contributed by atoms with Gasteiger partial charge in [0.25, 0.3) is 27.5 Å². The topological polar surface area (TPSA) is 231 Å². The zero-order valence-electron chi connectivity index (χ0n) is 46.8. The van der Waals surface area contributed by atoms with Gasteiger partial charge in [-0.1, -0.05) is 38.1 Å². The Bertz CT molecular complexity index is 3260. The lowest BCUT2D eigenvalue weighted by Gasteiger charge is -2.56. The summed E-state index contributed by atoms with van der Waals surface area (Å²) in [5.74, 6) is -0.268. The number of ether oxygens (including phenoxy) is 4. The lowest BCUT2D eigenvalue weighted by molar-refractivity contribution is -0.384. The van der Waals surface area contributed by atoms with Gasteiger partial charge in [-0.15, -0.1) is 0 Å². The molecule has 2 amide bonds. The van der Waals surface area contributed by atoms with Crippen LogP contribution in [0.2, 0.25) is 0 Å². The third-order valence-electron chi connectivity index (χ3n) is 17.8. The van der Waals surface area contributed by atoms with E-state index in [1.807, 2.05) is 26.8 Å². The average Bonchev–Trinajstić information content (AvgIpc) is 4.22. The molecule has 6 heterocycles. The molecule has 6 aliphatic rings. The first-order chi connectivity index (χ1) is 38.1. The molecular weight excluding hydrogens is 1040 g/mol. The summed E-state index contributed by atoms with van der Waals surface area (Å²) in [5, 5.41) is 27.1. The molecule has 4 aliphatic heterocycles. The number of nitrogens with one attached hydrogen (secondary N) is 3. The average molecular weight is 1120 g/mol. The van der Waals surface area contributed by atoms with Crippen LogP contribution in [0, 0.1) is 21.4 Å². The van der Waals surface area contributed by atoms with Crippen LogP contribution in [-0.4, -0.2) is 119 Å². The number of H-pyrrole nitrogens is 1. The van der Waals surface area contributed by atoms with E-state index >= 15 is 0 Å². The summed E-state index contributed by atoms with van der Waals surface area (Å²) in [6, 6.07) is 20.0. The standard InChI is InChI=1S/C60H76N8O11S/c1-37(2)44-12-7-8-13-45(44)48-14-10-25-66(48)42-33-60(34-42)22-27-65(28-23-60)40-15-16-46(50(30-40)78-52-29-39-19-24-61-54(39)63-56(52)77-35-41-11-9-26-67(41)57(70)79-58(3,4)5)55(69)64-80(74,75)43-31-49(68(72)73)53-51(32-43)76-36-47(62-53)38-17-20-59(6,71)21-18-38/h7-8,12-13,15-16,19,24,29-32,37-38,41-42,47-48,62,71H,9-11,14,17-18,20-23,25-28,33-36H2,1-6H3,(H,61,63)(H,64,69)/t38?,41-,47+,48+,59?/m0/s1. The van der Waals surface area contributed by atoms with Gasteiger partial charge in [0.1, 0.15) is 30.2 Å². The predicted octanol–water partition coefficient (Wildman–Crippen LogP) is 11.0. The Morgan fingerprint density at radius 3 is 2.44 bits per heavy atom.